The van der Waals surface area contributed by atoms with Gasteiger partial charge in [0.25, 0.3) is 5.91 Å². The van der Waals surface area contributed by atoms with Gasteiger partial charge < -0.3 is 16.8 Å². The van der Waals surface area contributed by atoms with E-state index in [-0.39, 0.29) is 29.5 Å². The number of amides is 2. The zero-order valence-corrected chi connectivity index (χ0v) is 10.6. The number of hydrogen-bond donors (Lipinski definition) is 3. The smallest absolute Gasteiger partial charge is 0.272 e. The Morgan fingerprint density at radius 3 is 2.53 bits per heavy atom. The van der Waals surface area contributed by atoms with Crippen LogP contribution in [0.2, 0.25) is 0 Å². The summed E-state index contributed by atoms with van der Waals surface area (Å²) in [4.78, 5) is 27.0. The molecule has 0 radical (unpaired) electrons. The lowest BCUT2D eigenvalue weighted by molar-refractivity contribution is -0.122. The van der Waals surface area contributed by atoms with Crippen LogP contribution in [0, 0.1) is 5.92 Å². The largest absolute Gasteiger partial charge is 0.397 e. The van der Waals surface area contributed by atoms with Crippen LogP contribution in [0.4, 0.5) is 5.69 Å². The van der Waals surface area contributed by atoms with Gasteiger partial charge in [-0.05, 0) is 37.8 Å². The highest BCUT2D eigenvalue weighted by atomic mass is 16.2. The number of anilines is 1. The Morgan fingerprint density at radius 2 is 1.95 bits per heavy atom. The van der Waals surface area contributed by atoms with Crippen LogP contribution in [-0.4, -0.2) is 22.8 Å². The second-order valence-electron chi connectivity index (χ2n) is 4.87. The first-order valence-electron chi connectivity index (χ1n) is 6.38. The highest BCUT2D eigenvalue weighted by Crippen LogP contribution is 2.24. The topological polar surface area (TPSA) is 111 Å². The Labute approximate surface area is 111 Å². The lowest BCUT2D eigenvalue weighted by Crippen LogP contribution is -2.40. The molecule has 6 heteroatoms. The number of rotatable bonds is 3. The van der Waals surface area contributed by atoms with Crippen molar-refractivity contribution in [1.29, 1.82) is 0 Å². The molecular weight excluding hydrogens is 244 g/mol. The maximum Gasteiger partial charge on any atom is 0.272 e. The molecule has 1 aromatic heterocycles. The van der Waals surface area contributed by atoms with E-state index in [0.717, 1.165) is 25.7 Å². The normalized spacial score (nSPS) is 22.7. The molecule has 19 heavy (non-hydrogen) atoms. The van der Waals surface area contributed by atoms with Crippen molar-refractivity contribution in [2.75, 3.05) is 5.73 Å². The summed E-state index contributed by atoms with van der Waals surface area (Å²) in [5, 5.41) is 2.90. The monoisotopic (exact) mass is 262 g/mol. The first-order valence-corrected chi connectivity index (χ1v) is 6.38. The van der Waals surface area contributed by atoms with Crippen molar-refractivity contribution in [1.82, 2.24) is 10.3 Å². The minimum Gasteiger partial charge on any atom is -0.397 e. The van der Waals surface area contributed by atoms with Crippen LogP contribution < -0.4 is 16.8 Å². The van der Waals surface area contributed by atoms with Gasteiger partial charge in [-0.25, -0.2) is 4.98 Å². The number of primary amides is 1. The Balaban J connectivity index is 1.91. The SMILES string of the molecule is NC(=O)C1CCC(NC(=O)c2ncccc2N)CC1. The first kappa shape index (κ1) is 13.3. The quantitative estimate of drug-likeness (QED) is 0.733. The van der Waals surface area contributed by atoms with Crippen LogP contribution in [0.5, 0.6) is 0 Å². The van der Waals surface area contributed by atoms with Crippen LogP contribution in [0.25, 0.3) is 0 Å². The Kier molecular flexibility index (Phi) is 3.99. The third-order valence-corrected chi connectivity index (χ3v) is 3.52. The molecule has 1 heterocycles. The molecule has 1 aromatic rings. The molecule has 0 aromatic carbocycles. The number of nitrogens with two attached hydrogens (primary N) is 2. The predicted molar refractivity (Wildman–Crippen MR) is 71.1 cm³/mol. The van der Waals surface area contributed by atoms with Crippen LogP contribution in [0.15, 0.2) is 18.3 Å². The molecule has 1 aliphatic rings. The Morgan fingerprint density at radius 1 is 1.26 bits per heavy atom. The van der Waals surface area contributed by atoms with Gasteiger partial charge >= 0.3 is 0 Å². The van der Waals surface area contributed by atoms with Crippen molar-refractivity contribution >= 4 is 17.5 Å². The maximum atomic E-state index is 12.0. The second kappa shape index (κ2) is 5.69. The molecule has 0 aliphatic heterocycles. The zero-order valence-electron chi connectivity index (χ0n) is 10.6. The highest BCUT2D eigenvalue weighted by Gasteiger charge is 2.26. The van der Waals surface area contributed by atoms with Gasteiger partial charge in [0.05, 0.1) is 5.69 Å². The summed E-state index contributed by atoms with van der Waals surface area (Å²) in [5.41, 5.74) is 11.6. The molecule has 2 rings (SSSR count). The molecule has 0 saturated heterocycles. The molecule has 0 unspecified atom stereocenters. The third kappa shape index (κ3) is 3.21. The van der Waals surface area contributed by atoms with E-state index in [1.807, 2.05) is 0 Å². The number of hydrogen-bond acceptors (Lipinski definition) is 4. The molecule has 1 saturated carbocycles. The lowest BCUT2D eigenvalue weighted by atomic mass is 9.85. The summed E-state index contributed by atoms with van der Waals surface area (Å²) in [7, 11) is 0. The van der Waals surface area contributed by atoms with Gasteiger partial charge in [0.1, 0.15) is 0 Å². The fraction of sp³-hybridized carbons (Fsp3) is 0.462. The molecule has 102 valence electrons. The number of pyridine rings is 1. The van der Waals surface area contributed by atoms with Gasteiger partial charge in [0.2, 0.25) is 5.91 Å². The average molecular weight is 262 g/mol. The van der Waals surface area contributed by atoms with E-state index in [1.165, 1.54) is 6.20 Å². The molecule has 0 spiro atoms. The molecule has 2 amide bonds. The van der Waals surface area contributed by atoms with E-state index in [4.69, 9.17) is 11.5 Å². The summed E-state index contributed by atoms with van der Waals surface area (Å²) in [6.45, 7) is 0. The molecule has 0 bridgehead atoms. The summed E-state index contributed by atoms with van der Waals surface area (Å²) < 4.78 is 0. The van der Waals surface area contributed by atoms with E-state index < -0.39 is 0 Å². The number of nitrogens with zero attached hydrogens (tertiary/aromatic N) is 1. The van der Waals surface area contributed by atoms with E-state index in [9.17, 15) is 9.59 Å². The standard InChI is InChI=1S/C13H18N4O2/c14-10-2-1-7-16-11(10)13(19)17-9-5-3-8(4-6-9)12(15)18/h1-2,7-9H,3-6,14H2,(H2,15,18)(H,17,19). The van der Waals surface area contributed by atoms with Gasteiger partial charge in [0, 0.05) is 18.2 Å². The van der Waals surface area contributed by atoms with Gasteiger partial charge in [-0.15, -0.1) is 0 Å². The van der Waals surface area contributed by atoms with Crippen molar-refractivity contribution in [3.05, 3.63) is 24.0 Å². The highest BCUT2D eigenvalue weighted by molar-refractivity contribution is 5.97. The van der Waals surface area contributed by atoms with Gasteiger partial charge in [-0.1, -0.05) is 0 Å². The lowest BCUT2D eigenvalue weighted by Gasteiger charge is -2.27. The minimum atomic E-state index is -0.263. The minimum absolute atomic E-state index is 0.0597. The summed E-state index contributed by atoms with van der Waals surface area (Å²) >= 11 is 0. The third-order valence-electron chi connectivity index (χ3n) is 3.52. The van der Waals surface area contributed by atoms with Crippen molar-refractivity contribution in [3.8, 4) is 0 Å². The van der Waals surface area contributed by atoms with E-state index in [2.05, 4.69) is 10.3 Å². The van der Waals surface area contributed by atoms with Crippen molar-refractivity contribution in [2.24, 2.45) is 11.7 Å². The van der Waals surface area contributed by atoms with E-state index >= 15 is 0 Å². The van der Waals surface area contributed by atoms with Gasteiger partial charge in [-0.2, -0.15) is 0 Å². The molecule has 5 N–H and O–H groups in total. The predicted octanol–water partition coefficient (Wildman–Crippen LogP) is 0.438. The Bertz CT molecular complexity index is 481. The molecule has 1 aliphatic carbocycles. The average Bonchev–Trinajstić information content (AvgIpc) is 2.39. The number of aromatic nitrogens is 1. The first-order chi connectivity index (χ1) is 9.08. The van der Waals surface area contributed by atoms with Crippen molar-refractivity contribution in [2.45, 2.75) is 31.7 Å². The van der Waals surface area contributed by atoms with Crippen LogP contribution in [0.1, 0.15) is 36.2 Å². The summed E-state index contributed by atoms with van der Waals surface area (Å²) in [5.74, 6) is -0.576. The number of nitrogens with one attached hydrogen (secondary N) is 1. The summed E-state index contributed by atoms with van der Waals surface area (Å²) in [6.07, 6.45) is 4.49. The number of carbonyl (C=O) groups excluding carboxylic acids is 2. The molecule has 6 nitrogen and oxygen atoms in total. The number of carbonyl (C=O) groups is 2. The molecular formula is C13H18N4O2. The molecule has 1 fully saturated rings. The number of nitrogen functional groups attached to an aromatic ring is 1. The second-order valence-corrected chi connectivity index (χ2v) is 4.87. The Hall–Kier alpha value is -2.11. The fourth-order valence-corrected chi connectivity index (χ4v) is 2.38. The van der Waals surface area contributed by atoms with Gasteiger partial charge in [-0.3, -0.25) is 9.59 Å². The van der Waals surface area contributed by atoms with Crippen molar-refractivity contribution < 1.29 is 9.59 Å². The van der Waals surface area contributed by atoms with E-state index in [0.29, 0.717) is 5.69 Å². The fourth-order valence-electron chi connectivity index (χ4n) is 2.38. The van der Waals surface area contributed by atoms with Crippen molar-refractivity contribution in [3.63, 3.8) is 0 Å². The molecule has 0 atom stereocenters. The van der Waals surface area contributed by atoms with Crippen LogP contribution >= 0.6 is 0 Å². The zero-order chi connectivity index (χ0) is 13.8. The van der Waals surface area contributed by atoms with Gasteiger partial charge in [0.15, 0.2) is 5.69 Å². The maximum absolute atomic E-state index is 12.0. The van der Waals surface area contributed by atoms with Crippen LogP contribution in [0.3, 0.4) is 0 Å². The van der Waals surface area contributed by atoms with Crippen LogP contribution in [-0.2, 0) is 4.79 Å². The van der Waals surface area contributed by atoms with E-state index in [1.54, 1.807) is 12.1 Å². The summed E-state index contributed by atoms with van der Waals surface area (Å²) in [6, 6.07) is 3.39.